The van der Waals surface area contributed by atoms with Crippen molar-refractivity contribution in [3.8, 4) is 5.75 Å². The molecule has 0 atom stereocenters. The number of rotatable bonds is 8. The molecule has 0 aliphatic heterocycles. The van der Waals surface area contributed by atoms with Crippen molar-refractivity contribution in [1.29, 1.82) is 0 Å². The summed E-state index contributed by atoms with van der Waals surface area (Å²) < 4.78 is 5.47. The molecule has 148 valence electrons. The minimum atomic E-state index is 0.733. The second-order valence-corrected chi connectivity index (χ2v) is 8.04. The van der Waals surface area contributed by atoms with E-state index in [2.05, 4.69) is 48.6 Å². The molecule has 0 radical (unpaired) electrons. The zero-order valence-electron chi connectivity index (χ0n) is 16.8. The van der Waals surface area contributed by atoms with E-state index in [0.29, 0.717) is 0 Å². The highest BCUT2D eigenvalue weighted by molar-refractivity contribution is 7.18. The number of ether oxygens (including phenoxy) is 1. The van der Waals surface area contributed by atoms with Crippen molar-refractivity contribution >= 4 is 27.4 Å². The molecule has 0 bridgehead atoms. The molecule has 2 heterocycles. The van der Waals surface area contributed by atoms with E-state index in [1.165, 1.54) is 16.0 Å². The van der Waals surface area contributed by atoms with Gasteiger partial charge >= 0.3 is 0 Å². The van der Waals surface area contributed by atoms with E-state index in [0.717, 1.165) is 53.4 Å². The Labute approximate surface area is 175 Å². The Morgan fingerprint density at radius 1 is 1.00 bits per heavy atom. The summed E-state index contributed by atoms with van der Waals surface area (Å²) in [6.45, 7) is 2.96. The first-order chi connectivity index (χ1) is 14.3. The summed E-state index contributed by atoms with van der Waals surface area (Å²) in [6, 6.07) is 20.8. The lowest BCUT2D eigenvalue weighted by Gasteiger charge is -2.11. The van der Waals surface area contributed by atoms with Crippen LogP contribution in [0.5, 0.6) is 5.75 Å². The zero-order valence-corrected chi connectivity index (χ0v) is 17.6. The molecular formula is C24H25N3OS. The summed E-state index contributed by atoms with van der Waals surface area (Å²) in [6.07, 6.45) is 2.61. The molecule has 0 unspecified atom stereocenters. The molecule has 2 aromatic carbocycles. The standard InChI is InChI=1S/C24H25N3OS/c1-3-19-16-20-23(25-14-13-18-11-7-8-12-21(18)28-2)26-22(27-24(20)29-19)15-17-9-5-4-6-10-17/h4-12,16H,3,13-15H2,1-2H3,(H,25,26,27). The number of benzene rings is 2. The van der Waals surface area contributed by atoms with Gasteiger partial charge in [-0.05, 0) is 36.1 Å². The van der Waals surface area contributed by atoms with Crippen LogP contribution in [0.25, 0.3) is 10.2 Å². The Kier molecular flexibility index (Phi) is 6.06. The normalized spacial score (nSPS) is 11.0. The second-order valence-electron chi connectivity index (χ2n) is 6.92. The monoisotopic (exact) mass is 403 g/mol. The number of fused-ring (bicyclic) bond motifs is 1. The molecule has 0 amide bonds. The molecule has 0 aliphatic carbocycles. The highest BCUT2D eigenvalue weighted by Gasteiger charge is 2.12. The minimum absolute atomic E-state index is 0.733. The van der Waals surface area contributed by atoms with Gasteiger partial charge < -0.3 is 10.1 Å². The van der Waals surface area contributed by atoms with Crippen molar-refractivity contribution in [2.45, 2.75) is 26.2 Å². The third-order valence-electron chi connectivity index (χ3n) is 4.92. The maximum absolute atomic E-state index is 5.47. The van der Waals surface area contributed by atoms with Crippen molar-refractivity contribution in [2.75, 3.05) is 19.0 Å². The smallest absolute Gasteiger partial charge is 0.138 e. The van der Waals surface area contributed by atoms with Crippen molar-refractivity contribution < 1.29 is 4.74 Å². The van der Waals surface area contributed by atoms with Gasteiger partial charge in [-0.1, -0.05) is 55.5 Å². The second kappa shape index (κ2) is 9.05. The third kappa shape index (κ3) is 4.57. The number of thiophene rings is 1. The van der Waals surface area contributed by atoms with Crippen LogP contribution < -0.4 is 10.1 Å². The number of aromatic nitrogens is 2. The van der Waals surface area contributed by atoms with Crippen molar-refractivity contribution in [3.63, 3.8) is 0 Å². The summed E-state index contributed by atoms with van der Waals surface area (Å²) in [5.74, 6) is 2.70. The van der Waals surface area contributed by atoms with E-state index in [4.69, 9.17) is 14.7 Å². The molecule has 29 heavy (non-hydrogen) atoms. The summed E-state index contributed by atoms with van der Waals surface area (Å²) in [4.78, 5) is 12.1. The molecule has 2 aromatic heterocycles. The quantitative estimate of drug-likeness (QED) is 0.421. The number of para-hydroxylation sites is 1. The highest BCUT2D eigenvalue weighted by atomic mass is 32.1. The minimum Gasteiger partial charge on any atom is -0.496 e. The maximum atomic E-state index is 5.47. The molecule has 4 nitrogen and oxygen atoms in total. The van der Waals surface area contributed by atoms with Crippen LogP contribution in [0, 0.1) is 0 Å². The Balaban J connectivity index is 1.58. The lowest BCUT2D eigenvalue weighted by atomic mass is 10.1. The van der Waals surface area contributed by atoms with E-state index >= 15 is 0 Å². The van der Waals surface area contributed by atoms with Crippen molar-refractivity contribution in [1.82, 2.24) is 9.97 Å². The number of nitrogens with one attached hydrogen (secondary N) is 1. The number of hydrogen-bond acceptors (Lipinski definition) is 5. The fraction of sp³-hybridized carbons (Fsp3) is 0.250. The number of methoxy groups -OCH3 is 1. The van der Waals surface area contributed by atoms with Crippen LogP contribution in [0.1, 0.15) is 28.8 Å². The van der Waals surface area contributed by atoms with Crippen LogP contribution >= 0.6 is 11.3 Å². The van der Waals surface area contributed by atoms with Crippen LogP contribution in [0.2, 0.25) is 0 Å². The van der Waals surface area contributed by atoms with Gasteiger partial charge in [0.2, 0.25) is 0 Å². The van der Waals surface area contributed by atoms with E-state index in [1.54, 1.807) is 18.4 Å². The lowest BCUT2D eigenvalue weighted by molar-refractivity contribution is 0.410. The number of nitrogens with zero attached hydrogens (tertiary/aromatic N) is 2. The van der Waals surface area contributed by atoms with Crippen LogP contribution in [-0.2, 0) is 19.3 Å². The predicted molar refractivity (Wildman–Crippen MR) is 121 cm³/mol. The van der Waals surface area contributed by atoms with E-state index in [1.807, 2.05) is 24.3 Å². The molecular weight excluding hydrogens is 378 g/mol. The average Bonchev–Trinajstić information content (AvgIpc) is 3.18. The fourth-order valence-electron chi connectivity index (χ4n) is 3.41. The van der Waals surface area contributed by atoms with Crippen molar-refractivity contribution in [3.05, 3.63) is 82.5 Å². The highest BCUT2D eigenvalue weighted by Crippen LogP contribution is 2.30. The molecule has 0 saturated heterocycles. The predicted octanol–water partition coefficient (Wildman–Crippen LogP) is 5.51. The molecule has 4 aromatic rings. The van der Waals surface area contributed by atoms with Gasteiger partial charge in [0.15, 0.2) is 0 Å². The van der Waals surface area contributed by atoms with E-state index in [-0.39, 0.29) is 0 Å². The number of aryl methyl sites for hydroxylation is 1. The van der Waals surface area contributed by atoms with Crippen LogP contribution in [0.3, 0.4) is 0 Å². The van der Waals surface area contributed by atoms with E-state index < -0.39 is 0 Å². The van der Waals surface area contributed by atoms with Gasteiger partial charge in [0.25, 0.3) is 0 Å². The first kappa shape index (κ1) is 19.4. The maximum Gasteiger partial charge on any atom is 0.138 e. The average molecular weight is 404 g/mol. The summed E-state index contributed by atoms with van der Waals surface area (Å²) in [5.41, 5.74) is 2.41. The van der Waals surface area contributed by atoms with Gasteiger partial charge in [-0.3, -0.25) is 0 Å². The lowest BCUT2D eigenvalue weighted by Crippen LogP contribution is -2.09. The molecule has 1 N–H and O–H groups in total. The van der Waals surface area contributed by atoms with Crippen LogP contribution in [0.4, 0.5) is 5.82 Å². The molecule has 5 heteroatoms. The van der Waals surface area contributed by atoms with Crippen molar-refractivity contribution in [2.24, 2.45) is 0 Å². The van der Waals surface area contributed by atoms with Crippen LogP contribution in [-0.4, -0.2) is 23.6 Å². The van der Waals surface area contributed by atoms with Gasteiger partial charge in [0.05, 0.1) is 12.5 Å². The zero-order chi connectivity index (χ0) is 20.1. The summed E-state index contributed by atoms with van der Waals surface area (Å²) in [7, 11) is 1.72. The molecule has 0 spiro atoms. The Hall–Kier alpha value is -2.92. The van der Waals surface area contributed by atoms with Crippen LogP contribution in [0.15, 0.2) is 60.7 Å². The summed E-state index contributed by atoms with van der Waals surface area (Å²) >= 11 is 1.76. The largest absolute Gasteiger partial charge is 0.496 e. The van der Waals surface area contributed by atoms with E-state index in [9.17, 15) is 0 Å². The molecule has 4 rings (SSSR count). The van der Waals surface area contributed by atoms with Gasteiger partial charge in [-0.2, -0.15) is 0 Å². The van der Waals surface area contributed by atoms with Gasteiger partial charge in [-0.15, -0.1) is 11.3 Å². The SMILES string of the molecule is CCc1cc2c(NCCc3ccccc3OC)nc(Cc3ccccc3)nc2s1. The Morgan fingerprint density at radius 3 is 2.59 bits per heavy atom. The number of hydrogen-bond donors (Lipinski definition) is 1. The molecule has 0 fully saturated rings. The first-order valence-electron chi connectivity index (χ1n) is 9.96. The Morgan fingerprint density at radius 2 is 1.79 bits per heavy atom. The summed E-state index contributed by atoms with van der Waals surface area (Å²) in [5, 5.41) is 4.67. The third-order valence-corrected chi connectivity index (χ3v) is 6.10. The van der Waals surface area contributed by atoms with Gasteiger partial charge in [0, 0.05) is 17.8 Å². The molecule has 0 aliphatic rings. The van der Waals surface area contributed by atoms with Gasteiger partial charge in [0.1, 0.15) is 22.2 Å². The van der Waals surface area contributed by atoms with Gasteiger partial charge in [-0.25, -0.2) is 9.97 Å². The fourth-order valence-corrected chi connectivity index (χ4v) is 4.39. The number of anilines is 1. The first-order valence-corrected chi connectivity index (χ1v) is 10.8. The Bertz CT molecular complexity index is 1090. The topological polar surface area (TPSA) is 47.0 Å². The molecule has 0 saturated carbocycles.